The van der Waals surface area contributed by atoms with E-state index in [1.54, 1.807) is 18.3 Å². The minimum Gasteiger partial charge on any atom is -0.392 e. The fourth-order valence-electron chi connectivity index (χ4n) is 2.49. The average Bonchev–Trinajstić information content (AvgIpc) is 3.00. The first-order valence-corrected chi connectivity index (χ1v) is 6.25. The van der Waals surface area contributed by atoms with E-state index in [0.717, 1.165) is 0 Å². The molecule has 5 N–H and O–H groups in total. The van der Waals surface area contributed by atoms with Crippen molar-refractivity contribution in [2.24, 2.45) is 0 Å². The summed E-state index contributed by atoms with van der Waals surface area (Å²) in [5, 5.41) is 28.7. The van der Waals surface area contributed by atoms with Crippen LogP contribution in [0.5, 0.6) is 0 Å². The summed E-state index contributed by atoms with van der Waals surface area (Å²) in [5.74, 6) is -0.0419. The molecule has 21 heavy (non-hydrogen) atoms. The number of hydrogen-bond donors (Lipinski definition) is 4. The molecule has 1 aliphatic heterocycles. The Bertz CT molecular complexity index is 791. The molecule has 3 atom stereocenters. The van der Waals surface area contributed by atoms with Gasteiger partial charge in [0, 0.05) is 12.6 Å². The summed E-state index contributed by atoms with van der Waals surface area (Å²) in [6, 6.07) is 3.33. The second-order valence-electron chi connectivity index (χ2n) is 4.89. The molecule has 1 fully saturated rings. The van der Waals surface area contributed by atoms with E-state index in [1.807, 2.05) is 0 Å². The van der Waals surface area contributed by atoms with Gasteiger partial charge in [-0.05, 0) is 6.07 Å². The van der Waals surface area contributed by atoms with Crippen molar-refractivity contribution < 1.29 is 14.9 Å². The number of aliphatic hydroxyl groups is 2. The fourth-order valence-corrected chi connectivity index (χ4v) is 2.49. The highest BCUT2D eigenvalue weighted by Gasteiger charge is 2.49. The Morgan fingerprint density at radius 2 is 2.48 bits per heavy atom. The third-order valence-corrected chi connectivity index (χ3v) is 3.64. The highest BCUT2D eigenvalue weighted by Crippen LogP contribution is 2.37. The van der Waals surface area contributed by atoms with Crippen LogP contribution in [0.25, 0.3) is 11.0 Å². The van der Waals surface area contributed by atoms with E-state index in [9.17, 15) is 15.0 Å². The van der Waals surface area contributed by atoms with Crippen LogP contribution < -0.4 is 11.3 Å². The van der Waals surface area contributed by atoms with Crippen molar-refractivity contribution in [2.75, 3.05) is 12.3 Å². The molecule has 110 valence electrons. The molecule has 3 heterocycles. The minimum atomic E-state index is -1.67. The Morgan fingerprint density at radius 1 is 1.71 bits per heavy atom. The minimum absolute atomic E-state index is 0.0419. The second-order valence-corrected chi connectivity index (χ2v) is 4.89. The number of nitrogens with two attached hydrogens (primary N) is 1. The zero-order chi connectivity index (χ0) is 15.2. The molecule has 9 heteroatoms. The fraction of sp³-hybridized carbons (Fsp3) is 0.417. The third kappa shape index (κ3) is 1.89. The number of ether oxygens (including phenoxy) is 1. The summed E-state index contributed by atoms with van der Waals surface area (Å²) in [7, 11) is 0. The summed E-state index contributed by atoms with van der Waals surface area (Å²) in [4.78, 5) is 18.2. The van der Waals surface area contributed by atoms with E-state index in [0.29, 0.717) is 11.0 Å². The van der Waals surface area contributed by atoms with Crippen LogP contribution in [-0.2, 0) is 4.74 Å². The van der Waals surface area contributed by atoms with Crippen molar-refractivity contribution >= 4 is 17.0 Å². The van der Waals surface area contributed by atoms with E-state index in [2.05, 4.69) is 9.97 Å². The number of rotatable bonds is 2. The van der Waals surface area contributed by atoms with Crippen molar-refractivity contribution in [3.8, 4) is 6.07 Å². The molecule has 0 spiro atoms. The summed E-state index contributed by atoms with van der Waals surface area (Å²) < 4.78 is 7.01. The molecule has 2 aromatic heterocycles. The lowest BCUT2D eigenvalue weighted by Gasteiger charge is -2.21. The van der Waals surface area contributed by atoms with E-state index in [1.165, 1.54) is 4.57 Å². The first kappa shape index (κ1) is 13.6. The number of nitrogen functional groups attached to an aromatic ring is 1. The number of nitriles is 1. The number of aromatic amines is 1. The van der Waals surface area contributed by atoms with Crippen LogP contribution in [-0.4, -0.2) is 43.1 Å². The predicted octanol–water partition coefficient (Wildman–Crippen LogP) is -1.16. The number of hydrogen-bond acceptors (Lipinski definition) is 7. The van der Waals surface area contributed by atoms with Gasteiger partial charge in [-0.1, -0.05) is 0 Å². The van der Waals surface area contributed by atoms with E-state index in [-0.39, 0.29) is 17.9 Å². The molecular weight excluding hydrogens is 278 g/mol. The van der Waals surface area contributed by atoms with Crippen molar-refractivity contribution in [3.05, 3.63) is 22.6 Å². The van der Waals surface area contributed by atoms with Gasteiger partial charge in [0.15, 0.2) is 5.65 Å². The van der Waals surface area contributed by atoms with Crippen LogP contribution >= 0.6 is 0 Å². The van der Waals surface area contributed by atoms with Crippen LogP contribution in [0.15, 0.2) is 17.1 Å². The van der Waals surface area contributed by atoms with Gasteiger partial charge in [0.1, 0.15) is 18.4 Å². The number of H-pyrrole nitrogens is 1. The maximum atomic E-state index is 11.8. The van der Waals surface area contributed by atoms with Gasteiger partial charge in [-0.2, -0.15) is 10.2 Å². The van der Waals surface area contributed by atoms with Gasteiger partial charge in [0.05, 0.1) is 12.0 Å². The zero-order valence-electron chi connectivity index (χ0n) is 10.9. The summed E-state index contributed by atoms with van der Waals surface area (Å²) in [5.41, 5.74) is 3.76. The molecular formula is C12H13N5O4. The topological polar surface area (TPSA) is 150 Å². The van der Waals surface area contributed by atoms with Crippen LogP contribution in [0.4, 0.5) is 5.95 Å². The molecule has 0 unspecified atom stereocenters. The van der Waals surface area contributed by atoms with E-state index >= 15 is 0 Å². The smallest absolute Gasteiger partial charge is 0.261 e. The maximum Gasteiger partial charge on any atom is 0.261 e. The van der Waals surface area contributed by atoms with Crippen molar-refractivity contribution in [1.29, 1.82) is 5.26 Å². The highest BCUT2D eigenvalue weighted by molar-refractivity contribution is 5.76. The number of nitrogens with one attached hydrogen (secondary N) is 1. The molecule has 0 radical (unpaired) electrons. The molecule has 1 aliphatic rings. The van der Waals surface area contributed by atoms with Crippen LogP contribution in [0.3, 0.4) is 0 Å². The Hall–Kier alpha value is -2.41. The molecule has 3 rings (SSSR count). The summed E-state index contributed by atoms with van der Waals surface area (Å²) in [6.07, 6.45) is -0.215. The normalized spacial score (nSPS) is 28.8. The first-order valence-electron chi connectivity index (χ1n) is 6.25. The monoisotopic (exact) mass is 291 g/mol. The zero-order valence-corrected chi connectivity index (χ0v) is 10.9. The molecule has 0 amide bonds. The maximum absolute atomic E-state index is 11.8. The number of fused-ring (bicyclic) bond motifs is 1. The van der Waals surface area contributed by atoms with Gasteiger partial charge < -0.3 is 25.3 Å². The average molecular weight is 291 g/mol. The molecule has 2 aromatic rings. The van der Waals surface area contributed by atoms with E-state index in [4.69, 9.17) is 15.7 Å². The predicted molar refractivity (Wildman–Crippen MR) is 70.9 cm³/mol. The lowest BCUT2D eigenvalue weighted by molar-refractivity contribution is -0.0903. The SMILES string of the molecule is N#C[C@]1(CO)O[C@@H](n2ccc3c(=O)[nH]c(N)nc32)C[C@@H]1O. The summed E-state index contributed by atoms with van der Waals surface area (Å²) in [6.45, 7) is -0.628. The van der Waals surface area contributed by atoms with Crippen LogP contribution in [0.2, 0.25) is 0 Å². The molecule has 9 nitrogen and oxygen atoms in total. The van der Waals surface area contributed by atoms with Crippen molar-refractivity contribution in [3.63, 3.8) is 0 Å². The molecule has 0 aromatic carbocycles. The van der Waals surface area contributed by atoms with Crippen molar-refractivity contribution in [2.45, 2.75) is 24.4 Å². The molecule has 0 aliphatic carbocycles. The van der Waals surface area contributed by atoms with Gasteiger partial charge in [-0.3, -0.25) is 9.78 Å². The van der Waals surface area contributed by atoms with Gasteiger partial charge in [-0.25, -0.2) is 0 Å². The lowest BCUT2D eigenvalue weighted by atomic mass is 10.00. The quantitative estimate of drug-likeness (QED) is 0.545. The largest absolute Gasteiger partial charge is 0.392 e. The van der Waals surface area contributed by atoms with Crippen LogP contribution in [0, 0.1) is 11.3 Å². The molecule has 0 saturated carbocycles. The lowest BCUT2D eigenvalue weighted by Crippen LogP contribution is -2.41. The van der Waals surface area contributed by atoms with Gasteiger partial charge in [0.25, 0.3) is 5.56 Å². The summed E-state index contributed by atoms with van der Waals surface area (Å²) >= 11 is 0. The first-order chi connectivity index (χ1) is 10.0. The number of aliphatic hydroxyl groups excluding tert-OH is 2. The van der Waals surface area contributed by atoms with Crippen molar-refractivity contribution in [1.82, 2.24) is 14.5 Å². The Kier molecular flexibility index (Phi) is 2.94. The Balaban J connectivity index is 2.07. The third-order valence-electron chi connectivity index (χ3n) is 3.64. The Morgan fingerprint density at radius 3 is 3.10 bits per heavy atom. The number of anilines is 1. The highest BCUT2D eigenvalue weighted by atomic mass is 16.6. The van der Waals surface area contributed by atoms with E-state index < -0.39 is 24.5 Å². The van der Waals surface area contributed by atoms with Gasteiger partial charge >= 0.3 is 0 Å². The van der Waals surface area contributed by atoms with Gasteiger partial charge in [0.2, 0.25) is 11.5 Å². The van der Waals surface area contributed by atoms with Crippen LogP contribution in [0.1, 0.15) is 12.6 Å². The van der Waals surface area contributed by atoms with Gasteiger partial charge in [-0.15, -0.1) is 0 Å². The second kappa shape index (κ2) is 4.56. The number of nitrogens with zero attached hydrogens (tertiary/aromatic N) is 3. The number of aromatic nitrogens is 3. The standard InChI is InChI=1S/C12H13N5O4/c13-4-12(5-18)7(19)3-8(21-12)17-2-1-6-9(17)15-11(14)16-10(6)20/h1-2,7-8,18-19H,3,5H2,(H3,14,15,16,20)/t7-,8+,12+/m0/s1. The Labute approximate surface area is 118 Å². The molecule has 1 saturated heterocycles. The molecule has 0 bridgehead atoms.